The van der Waals surface area contributed by atoms with Crippen molar-refractivity contribution < 1.29 is 14.3 Å². The van der Waals surface area contributed by atoms with Crippen LogP contribution in [0.25, 0.3) is 6.08 Å². The summed E-state index contributed by atoms with van der Waals surface area (Å²) in [6.07, 6.45) is 1.79. The SMILES string of the molecule is Cc1cccc(C2=N/C(=C/c3ccc(N4CCOCC4)s3)C(=O)O2)c1. The summed E-state index contributed by atoms with van der Waals surface area (Å²) >= 11 is 1.64. The van der Waals surface area contributed by atoms with Gasteiger partial charge in [-0.15, -0.1) is 11.3 Å². The van der Waals surface area contributed by atoms with Crippen LogP contribution in [0.15, 0.2) is 47.1 Å². The van der Waals surface area contributed by atoms with E-state index in [0.29, 0.717) is 11.6 Å². The molecule has 5 nitrogen and oxygen atoms in total. The summed E-state index contributed by atoms with van der Waals surface area (Å²) in [5.41, 5.74) is 2.26. The van der Waals surface area contributed by atoms with Crippen LogP contribution in [0.3, 0.4) is 0 Å². The number of carbonyl (C=O) groups is 1. The summed E-state index contributed by atoms with van der Waals surface area (Å²) in [6.45, 7) is 5.30. The number of anilines is 1. The summed E-state index contributed by atoms with van der Waals surface area (Å²) in [7, 11) is 0. The third-order valence-electron chi connectivity index (χ3n) is 4.10. The molecular formula is C19H18N2O3S. The van der Waals surface area contributed by atoms with E-state index >= 15 is 0 Å². The van der Waals surface area contributed by atoms with Crippen LogP contribution in [-0.4, -0.2) is 38.2 Å². The molecule has 0 aliphatic carbocycles. The van der Waals surface area contributed by atoms with Crippen LogP contribution in [0, 0.1) is 6.92 Å². The Bertz CT molecular complexity index is 863. The Balaban J connectivity index is 1.56. The smallest absolute Gasteiger partial charge is 0.363 e. The first kappa shape index (κ1) is 16.1. The molecule has 1 aromatic heterocycles. The van der Waals surface area contributed by atoms with Crippen molar-refractivity contribution in [1.29, 1.82) is 0 Å². The molecule has 2 aliphatic heterocycles. The summed E-state index contributed by atoms with van der Waals surface area (Å²) in [6, 6.07) is 11.9. The van der Waals surface area contributed by atoms with E-state index < -0.39 is 5.97 Å². The van der Waals surface area contributed by atoms with E-state index in [1.807, 2.05) is 37.3 Å². The topological polar surface area (TPSA) is 51.1 Å². The molecule has 2 aliphatic rings. The van der Waals surface area contributed by atoms with Gasteiger partial charge in [0.15, 0.2) is 5.70 Å². The van der Waals surface area contributed by atoms with Crippen molar-refractivity contribution in [2.75, 3.05) is 31.2 Å². The van der Waals surface area contributed by atoms with Crippen molar-refractivity contribution in [2.24, 2.45) is 4.99 Å². The molecule has 2 aromatic rings. The molecule has 128 valence electrons. The van der Waals surface area contributed by atoms with Crippen LogP contribution in [-0.2, 0) is 14.3 Å². The number of cyclic esters (lactones) is 1. The molecule has 1 fully saturated rings. The minimum absolute atomic E-state index is 0.340. The van der Waals surface area contributed by atoms with Crippen molar-refractivity contribution in [1.82, 2.24) is 0 Å². The first-order valence-electron chi connectivity index (χ1n) is 8.21. The van der Waals surface area contributed by atoms with Crippen molar-refractivity contribution in [3.05, 3.63) is 58.1 Å². The van der Waals surface area contributed by atoms with Gasteiger partial charge in [-0.1, -0.05) is 17.7 Å². The summed E-state index contributed by atoms with van der Waals surface area (Å²) in [5.74, 6) is -0.0391. The Kier molecular flexibility index (Phi) is 4.38. The molecule has 0 N–H and O–H groups in total. The van der Waals surface area contributed by atoms with Gasteiger partial charge in [-0.2, -0.15) is 0 Å². The zero-order chi connectivity index (χ0) is 17.2. The van der Waals surface area contributed by atoms with E-state index in [4.69, 9.17) is 9.47 Å². The third kappa shape index (κ3) is 3.50. The first-order chi connectivity index (χ1) is 12.2. The third-order valence-corrected chi connectivity index (χ3v) is 5.19. The fourth-order valence-corrected chi connectivity index (χ4v) is 3.81. The lowest BCUT2D eigenvalue weighted by atomic mass is 10.1. The molecule has 1 saturated heterocycles. The van der Waals surface area contributed by atoms with Crippen LogP contribution in [0.2, 0.25) is 0 Å². The highest BCUT2D eigenvalue weighted by Gasteiger charge is 2.24. The van der Waals surface area contributed by atoms with Gasteiger partial charge in [0.05, 0.1) is 18.2 Å². The fourth-order valence-electron chi connectivity index (χ4n) is 2.82. The number of esters is 1. The minimum atomic E-state index is -0.405. The van der Waals surface area contributed by atoms with Gasteiger partial charge in [0.25, 0.3) is 0 Å². The maximum absolute atomic E-state index is 12.1. The van der Waals surface area contributed by atoms with Crippen molar-refractivity contribution in [2.45, 2.75) is 6.92 Å². The van der Waals surface area contributed by atoms with Crippen LogP contribution >= 0.6 is 11.3 Å². The van der Waals surface area contributed by atoms with Gasteiger partial charge >= 0.3 is 5.97 Å². The molecule has 25 heavy (non-hydrogen) atoms. The Labute approximate surface area is 150 Å². The van der Waals surface area contributed by atoms with E-state index in [1.54, 1.807) is 17.4 Å². The second kappa shape index (κ2) is 6.82. The average molecular weight is 354 g/mol. The van der Waals surface area contributed by atoms with Crippen LogP contribution in [0.4, 0.5) is 5.00 Å². The molecule has 0 atom stereocenters. The van der Waals surface area contributed by atoms with Crippen molar-refractivity contribution >= 4 is 34.3 Å². The Morgan fingerprint density at radius 3 is 2.84 bits per heavy atom. The van der Waals surface area contributed by atoms with Crippen molar-refractivity contribution in [3.63, 3.8) is 0 Å². The second-order valence-electron chi connectivity index (χ2n) is 5.98. The Morgan fingerprint density at radius 1 is 1.20 bits per heavy atom. The normalized spacial score (nSPS) is 19.2. The van der Waals surface area contributed by atoms with E-state index in [9.17, 15) is 4.79 Å². The lowest BCUT2D eigenvalue weighted by Crippen LogP contribution is -2.35. The number of thiophene rings is 1. The highest BCUT2D eigenvalue weighted by molar-refractivity contribution is 7.16. The lowest BCUT2D eigenvalue weighted by Gasteiger charge is -2.27. The number of aryl methyl sites for hydroxylation is 1. The molecule has 0 spiro atoms. The molecule has 0 unspecified atom stereocenters. The molecule has 0 saturated carbocycles. The van der Waals surface area contributed by atoms with Crippen molar-refractivity contribution in [3.8, 4) is 0 Å². The maximum Gasteiger partial charge on any atom is 0.363 e. The number of carbonyl (C=O) groups excluding carboxylic acids is 1. The molecule has 6 heteroatoms. The zero-order valence-corrected chi connectivity index (χ0v) is 14.7. The lowest BCUT2D eigenvalue weighted by molar-refractivity contribution is -0.129. The van der Waals surface area contributed by atoms with Gasteiger partial charge in [-0.05, 0) is 37.3 Å². The highest BCUT2D eigenvalue weighted by Crippen LogP contribution is 2.29. The zero-order valence-electron chi connectivity index (χ0n) is 13.9. The molecule has 0 bridgehead atoms. The molecule has 0 amide bonds. The maximum atomic E-state index is 12.1. The number of benzene rings is 1. The van der Waals surface area contributed by atoms with Crippen LogP contribution < -0.4 is 4.90 Å². The first-order valence-corrected chi connectivity index (χ1v) is 9.03. The Hall–Kier alpha value is -2.44. The molecular weight excluding hydrogens is 336 g/mol. The highest BCUT2D eigenvalue weighted by atomic mass is 32.1. The number of nitrogens with zero attached hydrogens (tertiary/aromatic N) is 2. The van der Waals surface area contributed by atoms with E-state index in [0.717, 1.165) is 42.3 Å². The second-order valence-corrected chi connectivity index (χ2v) is 7.07. The minimum Gasteiger partial charge on any atom is -0.402 e. The average Bonchev–Trinajstić information content (AvgIpc) is 3.24. The van der Waals surface area contributed by atoms with Crippen LogP contribution in [0.1, 0.15) is 16.0 Å². The quantitative estimate of drug-likeness (QED) is 0.627. The number of hydrogen-bond acceptors (Lipinski definition) is 6. The number of hydrogen-bond donors (Lipinski definition) is 0. The van der Waals surface area contributed by atoms with E-state index in [1.165, 1.54) is 5.00 Å². The van der Waals surface area contributed by atoms with E-state index in [2.05, 4.69) is 16.0 Å². The number of morpholine rings is 1. The fraction of sp³-hybridized carbons (Fsp3) is 0.263. The van der Waals surface area contributed by atoms with Gasteiger partial charge in [-0.3, -0.25) is 0 Å². The van der Waals surface area contributed by atoms with Crippen LogP contribution in [0.5, 0.6) is 0 Å². The molecule has 0 radical (unpaired) electrons. The standard InChI is InChI=1S/C19H18N2O3S/c1-13-3-2-4-14(11-13)18-20-16(19(22)24-18)12-15-5-6-17(25-15)21-7-9-23-10-8-21/h2-6,11-12H,7-10H2,1H3/b16-12+. The van der Waals surface area contributed by atoms with Gasteiger partial charge in [0.1, 0.15) is 0 Å². The molecule has 1 aromatic carbocycles. The predicted octanol–water partition coefficient (Wildman–Crippen LogP) is 3.24. The van der Waals surface area contributed by atoms with Gasteiger partial charge in [-0.25, -0.2) is 9.79 Å². The summed E-state index contributed by atoms with van der Waals surface area (Å²) < 4.78 is 10.7. The molecule has 4 rings (SSSR count). The predicted molar refractivity (Wildman–Crippen MR) is 99.1 cm³/mol. The van der Waals surface area contributed by atoms with Gasteiger partial charge in [0, 0.05) is 23.5 Å². The van der Waals surface area contributed by atoms with Gasteiger partial charge < -0.3 is 14.4 Å². The largest absolute Gasteiger partial charge is 0.402 e. The summed E-state index contributed by atoms with van der Waals surface area (Å²) in [5, 5.41) is 1.18. The Morgan fingerprint density at radius 2 is 2.04 bits per heavy atom. The van der Waals surface area contributed by atoms with Gasteiger partial charge in [0.2, 0.25) is 5.90 Å². The summed E-state index contributed by atoms with van der Waals surface area (Å²) in [4.78, 5) is 19.8. The van der Waals surface area contributed by atoms with E-state index in [-0.39, 0.29) is 0 Å². The monoisotopic (exact) mass is 354 g/mol. The number of aliphatic imine (C=N–C) groups is 1. The molecule has 3 heterocycles. The number of rotatable bonds is 3. The number of ether oxygens (including phenoxy) is 2.